The summed E-state index contributed by atoms with van der Waals surface area (Å²) in [4.78, 5) is 12.4. The molecular formula is C15H16N6. The smallest absolute Gasteiger partial charge is 0.221 e. The molecule has 6 N–H and O–H groups in total. The Labute approximate surface area is 122 Å². The van der Waals surface area contributed by atoms with Crippen molar-refractivity contribution in [3.05, 3.63) is 47.3 Å². The van der Waals surface area contributed by atoms with Gasteiger partial charge in [0.1, 0.15) is 5.82 Å². The van der Waals surface area contributed by atoms with E-state index in [2.05, 4.69) is 15.0 Å². The van der Waals surface area contributed by atoms with Gasteiger partial charge >= 0.3 is 0 Å². The zero-order valence-electron chi connectivity index (χ0n) is 11.7. The summed E-state index contributed by atoms with van der Waals surface area (Å²) in [5, 5.41) is 0.947. The third-order valence-electron chi connectivity index (χ3n) is 3.52. The highest BCUT2D eigenvalue weighted by molar-refractivity contribution is 5.94. The highest BCUT2D eigenvalue weighted by Gasteiger charge is 2.11. The van der Waals surface area contributed by atoms with Crippen molar-refractivity contribution in [3.63, 3.8) is 0 Å². The van der Waals surface area contributed by atoms with Crippen molar-refractivity contribution in [3.8, 4) is 0 Å². The summed E-state index contributed by atoms with van der Waals surface area (Å²) in [7, 11) is 0. The van der Waals surface area contributed by atoms with E-state index in [9.17, 15) is 0 Å². The predicted molar refractivity (Wildman–Crippen MR) is 84.6 cm³/mol. The fraction of sp³-hybridized carbons (Fsp3) is 0.133. The Morgan fingerprint density at radius 1 is 1.10 bits per heavy atom. The summed E-state index contributed by atoms with van der Waals surface area (Å²) in [5.74, 6) is 0.564. The molecular weight excluding hydrogens is 264 g/mol. The van der Waals surface area contributed by atoms with Gasteiger partial charge in [-0.1, -0.05) is 6.07 Å². The monoisotopic (exact) mass is 280 g/mol. The maximum atomic E-state index is 6.12. The molecule has 0 saturated heterocycles. The Balaban J connectivity index is 2.14. The van der Waals surface area contributed by atoms with Gasteiger partial charge in [0.05, 0.1) is 5.52 Å². The van der Waals surface area contributed by atoms with Crippen molar-refractivity contribution in [1.29, 1.82) is 0 Å². The van der Waals surface area contributed by atoms with Gasteiger partial charge < -0.3 is 17.2 Å². The maximum absolute atomic E-state index is 6.12. The minimum atomic E-state index is 0.174. The second-order valence-electron chi connectivity index (χ2n) is 4.98. The molecule has 0 bridgehead atoms. The second-order valence-corrected chi connectivity index (χ2v) is 4.98. The van der Waals surface area contributed by atoms with Crippen molar-refractivity contribution < 1.29 is 0 Å². The molecule has 2 heterocycles. The molecule has 0 aliphatic rings. The highest BCUT2D eigenvalue weighted by atomic mass is 15.0. The summed E-state index contributed by atoms with van der Waals surface area (Å²) in [6.07, 6.45) is 3.99. The van der Waals surface area contributed by atoms with Gasteiger partial charge in [-0.2, -0.15) is 4.98 Å². The van der Waals surface area contributed by atoms with Crippen molar-refractivity contribution in [2.45, 2.75) is 13.3 Å². The van der Waals surface area contributed by atoms with Crippen LogP contribution in [0.1, 0.15) is 16.7 Å². The number of benzene rings is 1. The summed E-state index contributed by atoms with van der Waals surface area (Å²) in [6, 6.07) is 5.88. The average Bonchev–Trinajstić information content (AvgIpc) is 2.47. The Hall–Kier alpha value is -2.89. The second kappa shape index (κ2) is 4.90. The van der Waals surface area contributed by atoms with Crippen molar-refractivity contribution in [2.75, 3.05) is 17.2 Å². The Kier molecular flexibility index (Phi) is 3.06. The van der Waals surface area contributed by atoms with Gasteiger partial charge in [0.25, 0.3) is 0 Å². The van der Waals surface area contributed by atoms with Gasteiger partial charge in [-0.3, -0.25) is 4.98 Å². The topological polar surface area (TPSA) is 117 Å². The van der Waals surface area contributed by atoms with Gasteiger partial charge in [0, 0.05) is 35.5 Å². The van der Waals surface area contributed by atoms with E-state index in [1.807, 2.05) is 25.1 Å². The summed E-state index contributed by atoms with van der Waals surface area (Å²) < 4.78 is 0. The molecule has 0 fully saturated rings. The fourth-order valence-corrected chi connectivity index (χ4v) is 2.41. The number of rotatable bonds is 2. The molecule has 2 aromatic heterocycles. The van der Waals surface area contributed by atoms with Crippen molar-refractivity contribution >= 4 is 28.4 Å². The van der Waals surface area contributed by atoms with Crippen molar-refractivity contribution in [2.24, 2.45) is 0 Å². The van der Waals surface area contributed by atoms with Crippen LogP contribution in [0, 0.1) is 6.92 Å². The van der Waals surface area contributed by atoms with Crippen LogP contribution in [-0.2, 0) is 6.42 Å². The molecule has 1 aromatic carbocycles. The van der Waals surface area contributed by atoms with Crippen LogP contribution < -0.4 is 17.2 Å². The van der Waals surface area contributed by atoms with Crippen LogP contribution in [0.4, 0.5) is 17.5 Å². The normalized spacial score (nSPS) is 10.9. The van der Waals surface area contributed by atoms with E-state index in [-0.39, 0.29) is 5.95 Å². The SMILES string of the molecule is Cc1cc(Cc2cnc(N)nc2N)c2ncccc2c1N. The lowest BCUT2D eigenvalue weighted by atomic mass is 9.99. The zero-order chi connectivity index (χ0) is 15.0. The van der Waals surface area contributed by atoms with E-state index in [0.717, 1.165) is 33.3 Å². The number of hydrogen-bond donors (Lipinski definition) is 3. The number of pyridine rings is 1. The lowest BCUT2D eigenvalue weighted by Gasteiger charge is -2.11. The van der Waals surface area contributed by atoms with Crippen LogP contribution in [0.5, 0.6) is 0 Å². The fourth-order valence-electron chi connectivity index (χ4n) is 2.41. The minimum Gasteiger partial charge on any atom is -0.398 e. The first-order chi connectivity index (χ1) is 10.1. The van der Waals surface area contributed by atoms with Crippen LogP contribution in [0.3, 0.4) is 0 Å². The van der Waals surface area contributed by atoms with Gasteiger partial charge in [-0.15, -0.1) is 0 Å². The Morgan fingerprint density at radius 2 is 1.90 bits per heavy atom. The van der Waals surface area contributed by atoms with Gasteiger partial charge in [0.2, 0.25) is 5.95 Å². The zero-order valence-corrected chi connectivity index (χ0v) is 11.7. The molecule has 106 valence electrons. The number of nitrogen functional groups attached to an aromatic ring is 3. The number of nitrogens with two attached hydrogens (primary N) is 3. The van der Waals surface area contributed by atoms with Crippen molar-refractivity contribution in [1.82, 2.24) is 15.0 Å². The molecule has 6 nitrogen and oxygen atoms in total. The van der Waals surface area contributed by atoms with Gasteiger partial charge in [-0.05, 0) is 30.2 Å². The molecule has 0 aliphatic heterocycles. The first-order valence-corrected chi connectivity index (χ1v) is 6.56. The predicted octanol–water partition coefficient (Wildman–Crippen LogP) is 1.67. The van der Waals surface area contributed by atoms with Crippen LogP contribution in [-0.4, -0.2) is 15.0 Å². The van der Waals surface area contributed by atoms with E-state index >= 15 is 0 Å². The van der Waals surface area contributed by atoms with Crippen LogP contribution in [0.2, 0.25) is 0 Å². The molecule has 6 heteroatoms. The summed E-state index contributed by atoms with van der Waals surface area (Å²) >= 11 is 0. The Bertz CT molecular complexity index is 828. The molecule has 0 aliphatic carbocycles. The molecule has 0 radical (unpaired) electrons. The van der Waals surface area contributed by atoms with Crippen LogP contribution in [0.25, 0.3) is 10.9 Å². The van der Waals surface area contributed by atoms with Gasteiger partial charge in [-0.25, -0.2) is 4.98 Å². The lowest BCUT2D eigenvalue weighted by Crippen LogP contribution is -2.05. The van der Waals surface area contributed by atoms with Gasteiger partial charge in [0.15, 0.2) is 0 Å². The quantitative estimate of drug-likeness (QED) is 0.615. The minimum absolute atomic E-state index is 0.174. The third kappa shape index (κ3) is 2.31. The molecule has 0 amide bonds. The van der Waals surface area contributed by atoms with Crippen LogP contribution >= 0.6 is 0 Å². The van der Waals surface area contributed by atoms with E-state index < -0.39 is 0 Å². The molecule has 21 heavy (non-hydrogen) atoms. The molecule has 3 rings (SSSR count). The van der Waals surface area contributed by atoms with E-state index in [1.165, 1.54) is 0 Å². The first kappa shape index (κ1) is 13.1. The average molecular weight is 280 g/mol. The third-order valence-corrected chi connectivity index (χ3v) is 3.52. The standard InChI is InChI=1S/C15H16N6/c1-8-5-9(6-10-7-20-15(18)21-14(10)17)13-11(12(8)16)3-2-4-19-13/h2-5,7H,6,16H2,1H3,(H4,17,18,20,21). The van der Waals surface area contributed by atoms with E-state index in [0.29, 0.717) is 12.2 Å². The molecule has 0 unspecified atom stereocenters. The number of hydrogen-bond acceptors (Lipinski definition) is 6. The molecule has 0 saturated carbocycles. The molecule has 3 aromatic rings. The maximum Gasteiger partial charge on any atom is 0.221 e. The Morgan fingerprint density at radius 3 is 2.67 bits per heavy atom. The first-order valence-electron chi connectivity index (χ1n) is 6.56. The molecule has 0 atom stereocenters. The number of nitrogens with zero attached hydrogens (tertiary/aromatic N) is 3. The lowest BCUT2D eigenvalue weighted by molar-refractivity contribution is 1.09. The summed E-state index contributed by atoms with van der Waals surface area (Å²) in [6.45, 7) is 1.98. The number of fused-ring (bicyclic) bond motifs is 1. The summed E-state index contributed by atoms with van der Waals surface area (Å²) in [5.41, 5.74) is 22.1. The molecule has 0 spiro atoms. The number of aromatic nitrogens is 3. The van der Waals surface area contributed by atoms with E-state index in [1.54, 1.807) is 12.4 Å². The van der Waals surface area contributed by atoms with Crippen LogP contribution in [0.15, 0.2) is 30.6 Å². The number of aryl methyl sites for hydroxylation is 1. The van der Waals surface area contributed by atoms with E-state index in [4.69, 9.17) is 17.2 Å². The largest absolute Gasteiger partial charge is 0.398 e. The highest BCUT2D eigenvalue weighted by Crippen LogP contribution is 2.28. The number of anilines is 3.